The van der Waals surface area contributed by atoms with Crippen LogP contribution in [-0.4, -0.2) is 28.1 Å². The van der Waals surface area contributed by atoms with Gasteiger partial charge in [0.2, 0.25) is 0 Å². The van der Waals surface area contributed by atoms with Crippen molar-refractivity contribution in [2.45, 2.75) is 39.8 Å². The molecule has 2 aromatic rings. The highest BCUT2D eigenvalue weighted by Gasteiger charge is 2.36. The molecule has 0 saturated carbocycles. The topological polar surface area (TPSA) is 40.6 Å². The number of thioether (sulfide) groups is 1. The van der Waals surface area contributed by atoms with E-state index in [0.717, 1.165) is 40.0 Å². The number of likely N-dealkylation sites (N-methyl/N-ethyl adjacent to an activating group) is 1. The fraction of sp³-hybridized carbons (Fsp3) is 0.280. The van der Waals surface area contributed by atoms with Crippen molar-refractivity contribution in [1.29, 1.82) is 0 Å². The van der Waals surface area contributed by atoms with Crippen LogP contribution in [-0.2, 0) is 11.3 Å². The minimum absolute atomic E-state index is 0.102. The molecule has 2 aliphatic heterocycles. The van der Waals surface area contributed by atoms with Crippen molar-refractivity contribution in [2.24, 2.45) is 0 Å². The normalized spacial score (nSPS) is 18.9. The molecule has 2 amide bonds. The van der Waals surface area contributed by atoms with Crippen LogP contribution >= 0.6 is 23.4 Å². The van der Waals surface area contributed by atoms with Gasteiger partial charge < -0.3 is 4.90 Å². The summed E-state index contributed by atoms with van der Waals surface area (Å²) in [5.41, 5.74) is 4.07. The summed E-state index contributed by atoms with van der Waals surface area (Å²) in [5, 5.41) is 0.0853. The van der Waals surface area contributed by atoms with E-state index in [9.17, 15) is 14.0 Å². The lowest BCUT2D eigenvalue weighted by atomic mass is 9.88. The molecular weight excluding hydrogens is 447 g/mol. The second-order valence-electron chi connectivity index (χ2n) is 8.48. The molecule has 2 aliphatic rings. The van der Waals surface area contributed by atoms with E-state index in [1.54, 1.807) is 24.3 Å². The maximum atomic E-state index is 14.0. The lowest BCUT2D eigenvalue weighted by molar-refractivity contribution is -0.123. The van der Waals surface area contributed by atoms with E-state index < -0.39 is 17.0 Å². The van der Waals surface area contributed by atoms with Crippen LogP contribution in [0.25, 0.3) is 11.6 Å². The number of nitrogens with zero attached hydrogens (tertiary/aromatic N) is 2. The molecule has 0 spiro atoms. The van der Waals surface area contributed by atoms with E-state index in [1.165, 1.54) is 6.07 Å². The van der Waals surface area contributed by atoms with Crippen molar-refractivity contribution in [1.82, 2.24) is 4.90 Å². The number of anilines is 1. The lowest BCUT2D eigenvalue weighted by Crippen LogP contribution is -2.44. The van der Waals surface area contributed by atoms with Gasteiger partial charge in [0, 0.05) is 28.4 Å². The van der Waals surface area contributed by atoms with E-state index in [-0.39, 0.29) is 17.0 Å². The molecule has 0 aromatic heterocycles. The van der Waals surface area contributed by atoms with Crippen molar-refractivity contribution in [3.05, 3.63) is 74.9 Å². The maximum Gasteiger partial charge on any atom is 0.293 e. The van der Waals surface area contributed by atoms with Crippen molar-refractivity contribution >= 4 is 51.8 Å². The molecule has 0 aliphatic carbocycles. The van der Waals surface area contributed by atoms with Crippen molar-refractivity contribution in [3.63, 3.8) is 0 Å². The Bertz CT molecular complexity index is 1190. The molecule has 1 fully saturated rings. The molecule has 1 saturated heterocycles. The quantitative estimate of drug-likeness (QED) is 0.464. The van der Waals surface area contributed by atoms with Gasteiger partial charge in [-0.3, -0.25) is 14.5 Å². The van der Waals surface area contributed by atoms with E-state index in [0.29, 0.717) is 16.1 Å². The minimum atomic E-state index is -0.445. The molecular formula is C25H24ClFN2O2S. The van der Waals surface area contributed by atoms with Gasteiger partial charge in [-0.25, -0.2) is 4.39 Å². The average molecular weight is 471 g/mol. The summed E-state index contributed by atoms with van der Waals surface area (Å²) in [5.74, 6) is -0.889. The number of hydrogen-bond donors (Lipinski definition) is 0. The molecule has 0 atom stereocenters. The zero-order valence-electron chi connectivity index (χ0n) is 18.4. The highest BCUT2D eigenvalue weighted by atomic mass is 35.5. The van der Waals surface area contributed by atoms with Gasteiger partial charge in [-0.2, -0.15) is 0 Å². The average Bonchev–Trinajstić information content (AvgIpc) is 2.98. The van der Waals surface area contributed by atoms with E-state index >= 15 is 0 Å². The first-order chi connectivity index (χ1) is 15.1. The number of benzene rings is 2. The second-order valence-corrected chi connectivity index (χ2v) is 9.88. The Morgan fingerprint density at radius 2 is 1.91 bits per heavy atom. The Morgan fingerprint density at radius 1 is 1.19 bits per heavy atom. The van der Waals surface area contributed by atoms with Crippen LogP contribution in [0.2, 0.25) is 5.02 Å². The number of halogens is 2. The summed E-state index contributed by atoms with van der Waals surface area (Å²) in [6, 6.07) is 10.0. The van der Waals surface area contributed by atoms with Gasteiger partial charge in [-0.05, 0) is 74.9 Å². The maximum absolute atomic E-state index is 14.0. The van der Waals surface area contributed by atoms with Crippen molar-refractivity contribution in [2.75, 3.05) is 11.4 Å². The molecule has 4 rings (SSSR count). The summed E-state index contributed by atoms with van der Waals surface area (Å²) >= 11 is 7.46. The summed E-state index contributed by atoms with van der Waals surface area (Å²) < 4.78 is 14.0. The monoisotopic (exact) mass is 470 g/mol. The van der Waals surface area contributed by atoms with Crippen LogP contribution in [0, 0.1) is 5.82 Å². The predicted molar refractivity (Wildman–Crippen MR) is 130 cm³/mol. The SMILES string of the molecule is CCN1c2cc(Cl)c(/C=C3/SC(=O)N(Cc4ccccc4F)C3=O)cc2C(C)=CC1(C)C. The van der Waals surface area contributed by atoms with Gasteiger partial charge in [0.15, 0.2) is 0 Å². The van der Waals surface area contributed by atoms with E-state index in [2.05, 4.69) is 38.7 Å². The number of rotatable bonds is 4. The number of imide groups is 1. The predicted octanol–water partition coefficient (Wildman–Crippen LogP) is 6.74. The van der Waals surface area contributed by atoms with Crippen molar-refractivity contribution in [3.8, 4) is 0 Å². The summed E-state index contributed by atoms with van der Waals surface area (Å²) in [6.07, 6.45) is 3.87. The third-order valence-electron chi connectivity index (χ3n) is 5.86. The number of amides is 2. The van der Waals surface area contributed by atoms with Crippen LogP contribution in [0.1, 0.15) is 44.4 Å². The zero-order valence-corrected chi connectivity index (χ0v) is 20.0. The Kier molecular flexibility index (Phi) is 5.94. The molecule has 166 valence electrons. The lowest BCUT2D eigenvalue weighted by Gasteiger charge is -2.43. The number of hydrogen-bond acceptors (Lipinski definition) is 4. The molecule has 0 N–H and O–H groups in total. The molecule has 7 heteroatoms. The highest BCUT2D eigenvalue weighted by molar-refractivity contribution is 8.18. The minimum Gasteiger partial charge on any atom is -0.363 e. The summed E-state index contributed by atoms with van der Waals surface area (Å²) in [7, 11) is 0. The largest absolute Gasteiger partial charge is 0.363 e. The first kappa shape index (κ1) is 22.6. The van der Waals surface area contributed by atoms with Gasteiger partial charge in [0.1, 0.15) is 5.82 Å². The van der Waals surface area contributed by atoms with Gasteiger partial charge >= 0.3 is 0 Å². The summed E-state index contributed by atoms with van der Waals surface area (Å²) in [6.45, 7) is 9.22. The van der Waals surface area contributed by atoms with E-state index in [1.807, 2.05) is 12.1 Å². The smallest absolute Gasteiger partial charge is 0.293 e. The number of fused-ring (bicyclic) bond motifs is 1. The van der Waals surface area contributed by atoms with Gasteiger partial charge in [-0.15, -0.1) is 0 Å². The van der Waals surface area contributed by atoms with Crippen molar-refractivity contribution < 1.29 is 14.0 Å². The van der Waals surface area contributed by atoms with Gasteiger partial charge in [0.05, 0.1) is 17.0 Å². The Balaban J connectivity index is 1.68. The molecule has 2 aromatic carbocycles. The van der Waals surface area contributed by atoms with Gasteiger partial charge in [-0.1, -0.05) is 35.9 Å². The van der Waals surface area contributed by atoms with Crippen LogP contribution in [0.3, 0.4) is 0 Å². The fourth-order valence-electron chi connectivity index (χ4n) is 4.38. The standard InChI is InChI=1S/C25H24ClFN2O2S/c1-5-29-21-12-19(26)17(10-18(21)15(2)13-25(29,3)4)11-22-23(30)28(24(31)32-22)14-16-8-6-7-9-20(16)27/h6-13H,5,14H2,1-4H3/b22-11+. The van der Waals surface area contributed by atoms with Gasteiger partial charge in [0.25, 0.3) is 11.1 Å². The van der Waals surface area contributed by atoms with E-state index in [4.69, 9.17) is 11.6 Å². The highest BCUT2D eigenvalue weighted by Crippen LogP contribution is 2.42. The fourth-order valence-corrected chi connectivity index (χ4v) is 5.42. The number of allylic oxidation sites excluding steroid dienone is 1. The van der Waals surface area contributed by atoms with Crippen LogP contribution in [0.15, 0.2) is 47.4 Å². The molecule has 32 heavy (non-hydrogen) atoms. The zero-order chi connectivity index (χ0) is 23.2. The molecule has 0 bridgehead atoms. The third kappa shape index (κ3) is 3.97. The number of carbonyl (C=O) groups excluding carboxylic acids is 2. The third-order valence-corrected chi connectivity index (χ3v) is 7.09. The van der Waals surface area contributed by atoms with Crippen LogP contribution in [0.5, 0.6) is 0 Å². The molecule has 2 heterocycles. The molecule has 0 radical (unpaired) electrons. The number of carbonyl (C=O) groups is 2. The second kappa shape index (κ2) is 8.41. The Labute approximate surface area is 196 Å². The first-order valence-electron chi connectivity index (χ1n) is 10.4. The van der Waals surface area contributed by atoms with Crippen LogP contribution < -0.4 is 4.90 Å². The molecule has 0 unspecified atom stereocenters. The Hall–Kier alpha value is -2.57. The molecule has 4 nitrogen and oxygen atoms in total. The van der Waals surface area contributed by atoms with Crippen LogP contribution in [0.4, 0.5) is 14.9 Å². The Morgan fingerprint density at radius 3 is 2.59 bits per heavy atom. The summed E-state index contributed by atoms with van der Waals surface area (Å²) in [4.78, 5) is 29.0. The first-order valence-corrected chi connectivity index (χ1v) is 11.6.